The molecule has 0 spiro atoms. The van der Waals surface area contributed by atoms with Crippen LogP contribution in [0.1, 0.15) is 5.56 Å². The first-order chi connectivity index (χ1) is 8.74. The predicted molar refractivity (Wildman–Crippen MR) is 77.3 cm³/mol. The van der Waals surface area contributed by atoms with Crippen LogP contribution in [0, 0.1) is 6.92 Å². The average Bonchev–Trinajstić information content (AvgIpc) is 2.39. The van der Waals surface area contributed by atoms with Gasteiger partial charge in [-0.2, -0.15) is 0 Å². The van der Waals surface area contributed by atoms with E-state index in [1.807, 2.05) is 30.3 Å². The standard InChI is InChI=1S/C16H12OSe/c1-11-7-8-13-14(17)10-15(18-16(13)9-11)12-5-3-2-4-6-12/h2-10H,1H3. The van der Waals surface area contributed by atoms with Crippen LogP contribution in [0.2, 0.25) is 0 Å². The van der Waals surface area contributed by atoms with Gasteiger partial charge in [0.15, 0.2) is 0 Å². The number of hydrogen-bond donors (Lipinski definition) is 0. The number of hydrogen-bond acceptors (Lipinski definition) is 1. The summed E-state index contributed by atoms with van der Waals surface area (Å²) in [6.07, 6.45) is 0. The average molecular weight is 299 g/mol. The molecule has 0 saturated carbocycles. The number of rotatable bonds is 1. The summed E-state index contributed by atoms with van der Waals surface area (Å²) in [7, 11) is 0. The van der Waals surface area contributed by atoms with Crippen molar-refractivity contribution in [3.8, 4) is 10.0 Å². The van der Waals surface area contributed by atoms with E-state index in [2.05, 4.69) is 25.1 Å². The van der Waals surface area contributed by atoms with Crippen molar-refractivity contribution in [1.82, 2.24) is 0 Å². The van der Waals surface area contributed by atoms with E-state index in [0.717, 1.165) is 10.9 Å². The molecule has 1 nitrogen and oxygen atoms in total. The fourth-order valence-electron chi connectivity index (χ4n) is 2.01. The maximum atomic E-state index is 12.1. The van der Waals surface area contributed by atoms with E-state index in [-0.39, 0.29) is 19.9 Å². The van der Waals surface area contributed by atoms with E-state index in [9.17, 15) is 4.79 Å². The molecule has 0 fully saturated rings. The van der Waals surface area contributed by atoms with Crippen molar-refractivity contribution in [3.05, 3.63) is 70.4 Å². The van der Waals surface area contributed by atoms with E-state index in [1.54, 1.807) is 6.07 Å². The third kappa shape index (κ3) is 2.05. The van der Waals surface area contributed by atoms with Crippen LogP contribution in [-0.2, 0) is 0 Å². The second kappa shape index (κ2) is 4.56. The zero-order valence-electron chi connectivity index (χ0n) is 10.0. The Morgan fingerprint density at radius 1 is 0.944 bits per heavy atom. The zero-order valence-corrected chi connectivity index (χ0v) is 11.7. The third-order valence-corrected chi connectivity index (χ3v) is 5.32. The van der Waals surface area contributed by atoms with Crippen LogP contribution in [0.5, 0.6) is 0 Å². The van der Waals surface area contributed by atoms with E-state index in [4.69, 9.17) is 0 Å². The molecule has 3 aromatic rings. The molecule has 18 heavy (non-hydrogen) atoms. The molecule has 0 aliphatic carbocycles. The zero-order chi connectivity index (χ0) is 12.5. The first-order valence-corrected chi connectivity index (χ1v) is 7.55. The Labute approximate surface area is 111 Å². The Bertz CT molecular complexity index is 757. The summed E-state index contributed by atoms with van der Waals surface area (Å²) in [5.41, 5.74) is 2.52. The Morgan fingerprint density at radius 3 is 2.50 bits per heavy atom. The number of aryl methyl sites for hydroxylation is 1. The molecule has 2 aromatic carbocycles. The Balaban J connectivity index is 2.30. The molecule has 0 aliphatic rings. The van der Waals surface area contributed by atoms with Crippen LogP contribution >= 0.6 is 0 Å². The van der Waals surface area contributed by atoms with Crippen molar-refractivity contribution in [2.24, 2.45) is 0 Å². The van der Waals surface area contributed by atoms with Gasteiger partial charge in [-0.25, -0.2) is 0 Å². The summed E-state index contributed by atoms with van der Waals surface area (Å²) < 4.78 is 2.38. The van der Waals surface area contributed by atoms with Gasteiger partial charge < -0.3 is 0 Å². The SMILES string of the molecule is Cc1ccc2c(=O)cc(-c3ccccc3)[se]c2c1. The Hall–Kier alpha value is -1.63. The first kappa shape index (κ1) is 11.5. The molecule has 0 unspecified atom stereocenters. The van der Waals surface area contributed by atoms with Crippen LogP contribution in [0.3, 0.4) is 0 Å². The van der Waals surface area contributed by atoms with Crippen LogP contribution in [0.25, 0.3) is 19.6 Å². The molecular weight excluding hydrogens is 287 g/mol. The number of fused-ring (bicyclic) bond motifs is 1. The molecule has 1 heterocycles. The van der Waals surface area contributed by atoms with Crippen molar-refractivity contribution in [2.75, 3.05) is 0 Å². The predicted octanol–water partition coefficient (Wildman–Crippen LogP) is 3.23. The van der Waals surface area contributed by atoms with Crippen LogP contribution in [0.4, 0.5) is 0 Å². The topological polar surface area (TPSA) is 17.1 Å². The molecule has 0 atom stereocenters. The molecule has 0 N–H and O–H groups in total. The van der Waals surface area contributed by atoms with E-state index in [1.165, 1.54) is 14.3 Å². The van der Waals surface area contributed by atoms with Crippen molar-refractivity contribution < 1.29 is 0 Å². The molecule has 0 saturated heterocycles. The molecular formula is C16H12OSe. The van der Waals surface area contributed by atoms with Crippen molar-refractivity contribution in [2.45, 2.75) is 6.92 Å². The van der Waals surface area contributed by atoms with E-state index < -0.39 is 0 Å². The number of benzene rings is 2. The van der Waals surface area contributed by atoms with Gasteiger partial charge in [-0.1, -0.05) is 0 Å². The molecule has 0 bridgehead atoms. The van der Waals surface area contributed by atoms with Gasteiger partial charge in [0.1, 0.15) is 0 Å². The Morgan fingerprint density at radius 2 is 1.72 bits per heavy atom. The summed E-state index contributed by atoms with van der Waals surface area (Å²) in [6, 6.07) is 18.1. The normalized spacial score (nSPS) is 10.7. The van der Waals surface area contributed by atoms with Crippen molar-refractivity contribution in [3.63, 3.8) is 0 Å². The fourth-order valence-corrected chi connectivity index (χ4v) is 4.48. The van der Waals surface area contributed by atoms with Gasteiger partial charge in [0, 0.05) is 0 Å². The van der Waals surface area contributed by atoms with Gasteiger partial charge in [-0.15, -0.1) is 0 Å². The summed E-state index contributed by atoms with van der Waals surface area (Å²) >= 11 is 0.219. The quantitative estimate of drug-likeness (QED) is 0.631. The molecule has 3 rings (SSSR count). The second-order valence-corrected chi connectivity index (χ2v) is 6.61. The molecule has 2 heteroatoms. The molecule has 0 radical (unpaired) electrons. The molecule has 88 valence electrons. The van der Waals surface area contributed by atoms with Crippen LogP contribution in [0.15, 0.2) is 59.4 Å². The second-order valence-electron chi connectivity index (χ2n) is 4.34. The van der Waals surface area contributed by atoms with Crippen LogP contribution in [-0.4, -0.2) is 14.5 Å². The van der Waals surface area contributed by atoms with Gasteiger partial charge in [0.05, 0.1) is 0 Å². The van der Waals surface area contributed by atoms with E-state index in [0.29, 0.717) is 0 Å². The van der Waals surface area contributed by atoms with E-state index >= 15 is 0 Å². The summed E-state index contributed by atoms with van der Waals surface area (Å²) in [5.74, 6) is 0. The summed E-state index contributed by atoms with van der Waals surface area (Å²) in [4.78, 5) is 12.1. The minimum absolute atomic E-state index is 0.136. The van der Waals surface area contributed by atoms with Gasteiger partial charge in [-0.05, 0) is 0 Å². The maximum absolute atomic E-state index is 12.1. The fraction of sp³-hybridized carbons (Fsp3) is 0.0625. The van der Waals surface area contributed by atoms with Crippen molar-refractivity contribution in [1.29, 1.82) is 0 Å². The van der Waals surface area contributed by atoms with Gasteiger partial charge >= 0.3 is 111 Å². The van der Waals surface area contributed by atoms with Crippen molar-refractivity contribution >= 4 is 24.1 Å². The van der Waals surface area contributed by atoms with Crippen LogP contribution < -0.4 is 5.43 Å². The Kier molecular flexibility index (Phi) is 2.91. The summed E-state index contributed by atoms with van der Waals surface area (Å²) in [5, 5.41) is 0.875. The van der Waals surface area contributed by atoms with Gasteiger partial charge in [-0.3, -0.25) is 0 Å². The van der Waals surface area contributed by atoms with Gasteiger partial charge in [0.25, 0.3) is 0 Å². The summed E-state index contributed by atoms with van der Waals surface area (Å²) in [6.45, 7) is 2.07. The molecule has 1 aromatic heterocycles. The minimum atomic E-state index is 0.136. The van der Waals surface area contributed by atoms with Gasteiger partial charge in [0.2, 0.25) is 0 Å². The molecule has 0 aliphatic heterocycles. The third-order valence-electron chi connectivity index (χ3n) is 2.94. The molecule has 0 amide bonds. The monoisotopic (exact) mass is 300 g/mol. The first-order valence-electron chi connectivity index (χ1n) is 5.84.